The summed E-state index contributed by atoms with van der Waals surface area (Å²) in [5, 5.41) is 6.45. The van der Waals surface area contributed by atoms with Gasteiger partial charge in [-0.3, -0.25) is 0 Å². The molecule has 0 fully saturated rings. The average molecular weight is 231 g/mol. The van der Waals surface area contributed by atoms with E-state index in [0.717, 1.165) is 36.9 Å². The fourth-order valence-corrected chi connectivity index (χ4v) is 1.58. The van der Waals surface area contributed by atoms with Gasteiger partial charge in [-0.2, -0.15) is 0 Å². The second-order valence-electron chi connectivity index (χ2n) is 3.69. The molecule has 90 valence electrons. The lowest BCUT2D eigenvalue weighted by atomic mass is 10.3. The molecule has 4 nitrogen and oxygen atoms in total. The number of hydrogen-bond donors (Lipinski definition) is 2. The summed E-state index contributed by atoms with van der Waals surface area (Å²) in [5.74, 6) is 2.77. The van der Waals surface area contributed by atoms with E-state index in [1.807, 2.05) is 30.3 Å². The highest BCUT2D eigenvalue weighted by Crippen LogP contribution is 2.09. The normalized spacial score (nSPS) is 10.2. The first-order valence-corrected chi connectivity index (χ1v) is 5.85. The van der Waals surface area contributed by atoms with E-state index in [9.17, 15) is 0 Å². The molecule has 2 aromatic heterocycles. The van der Waals surface area contributed by atoms with Crippen LogP contribution >= 0.6 is 0 Å². The molecular formula is C13H17N3O. The highest BCUT2D eigenvalue weighted by molar-refractivity contribution is 5.44. The molecule has 0 aliphatic heterocycles. The molecule has 2 N–H and O–H groups in total. The van der Waals surface area contributed by atoms with Crippen molar-refractivity contribution < 1.29 is 4.42 Å². The SMILES string of the molecule is CCNc1cccc(NCCc2ccco2)n1. The topological polar surface area (TPSA) is 50.1 Å². The lowest BCUT2D eigenvalue weighted by Crippen LogP contribution is -2.07. The molecule has 0 aliphatic carbocycles. The van der Waals surface area contributed by atoms with Crippen LogP contribution in [0.1, 0.15) is 12.7 Å². The van der Waals surface area contributed by atoms with E-state index in [2.05, 4.69) is 22.5 Å². The van der Waals surface area contributed by atoms with Crippen molar-refractivity contribution >= 4 is 11.6 Å². The van der Waals surface area contributed by atoms with Crippen LogP contribution in [0.25, 0.3) is 0 Å². The Hall–Kier alpha value is -1.97. The summed E-state index contributed by atoms with van der Waals surface area (Å²) in [5.41, 5.74) is 0. The van der Waals surface area contributed by atoms with Crippen molar-refractivity contribution in [1.29, 1.82) is 0 Å². The minimum atomic E-state index is 0.816. The highest BCUT2D eigenvalue weighted by atomic mass is 16.3. The van der Waals surface area contributed by atoms with Crippen LogP contribution in [0.2, 0.25) is 0 Å². The lowest BCUT2D eigenvalue weighted by Gasteiger charge is -2.07. The Balaban J connectivity index is 1.84. The molecule has 0 radical (unpaired) electrons. The molecule has 2 rings (SSSR count). The van der Waals surface area contributed by atoms with Gasteiger partial charge >= 0.3 is 0 Å². The van der Waals surface area contributed by atoms with E-state index in [1.165, 1.54) is 0 Å². The second-order valence-corrected chi connectivity index (χ2v) is 3.69. The molecule has 0 amide bonds. The van der Waals surface area contributed by atoms with Crippen molar-refractivity contribution in [1.82, 2.24) is 4.98 Å². The van der Waals surface area contributed by atoms with Crippen molar-refractivity contribution in [2.75, 3.05) is 23.7 Å². The molecule has 4 heteroatoms. The van der Waals surface area contributed by atoms with Crippen LogP contribution in [0.3, 0.4) is 0 Å². The van der Waals surface area contributed by atoms with Gasteiger partial charge in [0.2, 0.25) is 0 Å². The van der Waals surface area contributed by atoms with Crippen LogP contribution in [0.4, 0.5) is 11.6 Å². The van der Waals surface area contributed by atoms with Gasteiger partial charge in [0, 0.05) is 19.5 Å². The highest BCUT2D eigenvalue weighted by Gasteiger charge is 1.98. The molecule has 0 spiro atoms. The molecule has 0 saturated heterocycles. The largest absolute Gasteiger partial charge is 0.469 e. The number of nitrogens with zero attached hydrogens (tertiary/aromatic N) is 1. The van der Waals surface area contributed by atoms with Crippen molar-refractivity contribution in [3.05, 3.63) is 42.4 Å². The fraction of sp³-hybridized carbons (Fsp3) is 0.308. The minimum absolute atomic E-state index is 0.816. The van der Waals surface area contributed by atoms with E-state index in [-0.39, 0.29) is 0 Å². The maximum Gasteiger partial charge on any atom is 0.128 e. The number of nitrogens with one attached hydrogen (secondary N) is 2. The van der Waals surface area contributed by atoms with Gasteiger partial charge in [-0.25, -0.2) is 4.98 Å². The van der Waals surface area contributed by atoms with Gasteiger partial charge < -0.3 is 15.1 Å². The average Bonchev–Trinajstić information content (AvgIpc) is 2.83. The Kier molecular flexibility index (Phi) is 4.02. The molecular weight excluding hydrogens is 214 g/mol. The van der Waals surface area contributed by atoms with Gasteiger partial charge in [0.15, 0.2) is 0 Å². The number of rotatable bonds is 6. The zero-order valence-electron chi connectivity index (χ0n) is 9.94. The third kappa shape index (κ3) is 3.52. The third-order valence-corrected chi connectivity index (χ3v) is 2.36. The number of hydrogen-bond acceptors (Lipinski definition) is 4. The minimum Gasteiger partial charge on any atom is -0.469 e. The molecule has 0 aromatic carbocycles. The van der Waals surface area contributed by atoms with Crippen molar-refractivity contribution in [2.45, 2.75) is 13.3 Å². The van der Waals surface area contributed by atoms with Crippen molar-refractivity contribution in [3.8, 4) is 0 Å². The Morgan fingerprint density at radius 2 is 1.94 bits per heavy atom. The summed E-state index contributed by atoms with van der Waals surface area (Å²) in [7, 11) is 0. The van der Waals surface area contributed by atoms with Crippen LogP contribution in [-0.4, -0.2) is 18.1 Å². The van der Waals surface area contributed by atoms with Crippen LogP contribution in [0.15, 0.2) is 41.0 Å². The summed E-state index contributed by atoms with van der Waals surface area (Å²) < 4.78 is 5.26. The smallest absolute Gasteiger partial charge is 0.128 e. The number of furan rings is 1. The number of pyridine rings is 1. The van der Waals surface area contributed by atoms with E-state index in [1.54, 1.807) is 6.26 Å². The van der Waals surface area contributed by atoms with Gasteiger partial charge in [0.05, 0.1) is 6.26 Å². The zero-order chi connectivity index (χ0) is 11.9. The number of aromatic nitrogens is 1. The van der Waals surface area contributed by atoms with Crippen LogP contribution in [-0.2, 0) is 6.42 Å². The van der Waals surface area contributed by atoms with E-state index in [0.29, 0.717) is 0 Å². The van der Waals surface area contributed by atoms with Crippen LogP contribution < -0.4 is 10.6 Å². The Morgan fingerprint density at radius 3 is 2.65 bits per heavy atom. The van der Waals surface area contributed by atoms with E-state index in [4.69, 9.17) is 4.42 Å². The van der Waals surface area contributed by atoms with Crippen molar-refractivity contribution in [3.63, 3.8) is 0 Å². The number of anilines is 2. The molecule has 0 aliphatic rings. The summed E-state index contributed by atoms with van der Waals surface area (Å²) in [6, 6.07) is 9.79. The van der Waals surface area contributed by atoms with E-state index < -0.39 is 0 Å². The zero-order valence-corrected chi connectivity index (χ0v) is 9.94. The second kappa shape index (κ2) is 5.94. The van der Waals surface area contributed by atoms with Gasteiger partial charge in [0.1, 0.15) is 17.4 Å². The molecule has 2 heterocycles. The predicted molar refractivity (Wildman–Crippen MR) is 69.3 cm³/mol. The molecule has 0 unspecified atom stereocenters. The maximum atomic E-state index is 5.26. The molecule has 2 aromatic rings. The predicted octanol–water partition coefficient (Wildman–Crippen LogP) is 2.76. The summed E-state index contributed by atoms with van der Waals surface area (Å²) >= 11 is 0. The van der Waals surface area contributed by atoms with Crippen molar-refractivity contribution in [2.24, 2.45) is 0 Å². The van der Waals surface area contributed by atoms with E-state index >= 15 is 0 Å². The van der Waals surface area contributed by atoms with Crippen LogP contribution in [0, 0.1) is 0 Å². The van der Waals surface area contributed by atoms with Gasteiger partial charge in [-0.1, -0.05) is 6.07 Å². The van der Waals surface area contributed by atoms with Crippen LogP contribution in [0.5, 0.6) is 0 Å². The maximum absolute atomic E-state index is 5.26. The molecule has 0 bridgehead atoms. The standard InChI is InChI=1S/C13H17N3O/c1-2-14-12-6-3-7-13(16-12)15-9-8-11-5-4-10-17-11/h3-7,10H,2,8-9H2,1H3,(H2,14,15,16). The Morgan fingerprint density at radius 1 is 1.12 bits per heavy atom. The monoisotopic (exact) mass is 231 g/mol. The molecule has 0 saturated carbocycles. The lowest BCUT2D eigenvalue weighted by molar-refractivity contribution is 0.513. The summed E-state index contributed by atoms with van der Waals surface area (Å²) in [6.45, 7) is 3.75. The quantitative estimate of drug-likeness (QED) is 0.802. The summed E-state index contributed by atoms with van der Waals surface area (Å²) in [6.07, 6.45) is 2.56. The van der Waals surface area contributed by atoms with Gasteiger partial charge in [-0.05, 0) is 31.2 Å². The molecule has 0 atom stereocenters. The summed E-state index contributed by atoms with van der Waals surface area (Å²) in [4.78, 5) is 4.43. The third-order valence-electron chi connectivity index (χ3n) is 2.36. The Labute approximate surface area is 101 Å². The first-order chi connectivity index (χ1) is 8.38. The van der Waals surface area contributed by atoms with Gasteiger partial charge in [-0.15, -0.1) is 0 Å². The first kappa shape index (κ1) is 11.5. The fourth-order valence-electron chi connectivity index (χ4n) is 1.58. The Bertz CT molecular complexity index is 440. The van der Waals surface area contributed by atoms with Gasteiger partial charge in [0.25, 0.3) is 0 Å². The first-order valence-electron chi connectivity index (χ1n) is 5.85. The molecule has 17 heavy (non-hydrogen) atoms.